The number of carbonyl (C=O) groups excluding carboxylic acids is 1. The topological polar surface area (TPSA) is 67.8 Å². The highest BCUT2D eigenvalue weighted by atomic mass is 16.5. The summed E-state index contributed by atoms with van der Waals surface area (Å²) in [6, 6.07) is 11.2. The number of aryl methyl sites for hydroxylation is 1. The van der Waals surface area contributed by atoms with Gasteiger partial charge in [0.1, 0.15) is 11.5 Å². The number of hydrogen-bond acceptors (Lipinski definition) is 4. The molecule has 5 nitrogen and oxygen atoms in total. The molecule has 0 bridgehead atoms. The Morgan fingerprint density at radius 3 is 2.25 bits per heavy atom. The number of hydroxylamine groups is 1. The van der Waals surface area contributed by atoms with Crippen molar-refractivity contribution in [2.24, 2.45) is 0 Å². The highest BCUT2D eigenvalue weighted by Gasteiger charge is 2.12. The second-order valence-electron chi connectivity index (χ2n) is 5.38. The van der Waals surface area contributed by atoms with Crippen molar-refractivity contribution in [1.82, 2.24) is 5.48 Å². The molecule has 2 aromatic rings. The van der Waals surface area contributed by atoms with Gasteiger partial charge in [0.2, 0.25) is 0 Å². The molecule has 0 radical (unpaired) electrons. The van der Waals surface area contributed by atoms with Crippen LogP contribution in [-0.4, -0.2) is 25.3 Å². The summed E-state index contributed by atoms with van der Waals surface area (Å²) in [6.07, 6.45) is 1.35. The van der Waals surface area contributed by atoms with E-state index in [2.05, 4.69) is 0 Å². The standard InChI is InChI=1S/C19H21NO4/c1-12-9-15(10-18(24-4)13(12)2)17(11-19(21)20-22)14-5-7-16(23-3)8-6-14/h5-11,22H,1-4H3,(H,20,21). The third kappa shape index (κ3) is 3.75. The largest absolute Gasteiger partial charge is 0.497 e. The van der Waals surface area contributed by atoms with Crippen LogP contribution in [0.2, 0.25) is 0 Å². The maximum absolute atomic E-state index is 11.7. The molecule has 0 unspecified atom stereocenters. The van der Waals surface area contributed by atoms with Gasteiger partial charge in [-0.05, 0) is 59.9 Å². The first-order valence-electron chi connectivity index (χ1n) is 7.46. The maximum Gasteiger partial charge on any atom is 0.267 e. The average molecular weight is 327 g/mol. The molecule has 0 heterocycles. The second-order valence-corrected chi connectivity index (χ2v) is 5.38. The Morgan fingerprint density at radius 2 is 1.71 bits per heavy atom. The lowest BCUT2D eigenvalue weighted by molar-refractivity contribution is -0.124. The third-order valence-corrected chi connectivity index (χ3v) is 3.94. The zero-order valence-corrected chi connectivity index (χ0v) is 14.2. The molecule has 0 spiro atoms. The lowest BCUT2D eigenvalue weighted by Gasteiger charge is -2.14. The SMILES string of the molecule is COc1ccc(C(=CC(=O)NO)c2cc(C)c(C)c(OC)c2)cc1. The quantitative estimate of drug-likeness (QED) is 0.502. The maximum atomic E-state index is 11.7. The van der Waals surface area contributed by atoms with E-state index in [-0.39, 0.29) is 0 Å². The minimum Gasteiger partial charge on any atom is -0.497 e. The van der Waals surface area contributed by atoms with E-state index >= 15 is 0 Å². The fraction of sp³-hybridized carbons (Fsp3) is 0.211. The van der Waals surface area contributed by atoms with Crippen LogP contribution in [-0.2, 0) is 4.79 Å². The normalized spacial score (nSPS) is 11.1. The zero-order chi connectivity index (χ0) is 17.7. The van der Waals surface area contributed by atoms with Gasteiger partial charge in [-0.2, -0.15) is 0 Å². The molecule has 5 heteroatoms. The molecule has 24 heavy (non-hydrogen) atoms. The number of benzene rings is 2. The Hall–Kier alpha value is -2.79. The molecular weight excluding hydrogens is 306 g/mol. The van der Waals surface area contributed by atoms with Crippen LogP contribution in [0.5, 0.6) is 11.5 Å². The van der Waals surface area contributed by atoms with E-state index in [0.29, 0.717) is 5.57 Å². The Kier molecular flexibility index (Phi) is 5.60. The number of methoxy groups -OCH3 is 2. The molecule has 2 rings (SSSR count). The molecule has 0 aliphatic heterocycles. The Morgan fingerprint density at radius 1 is 1.04 bits per heavy atom. The van der Waals surface area contributed by atoms with Gasteiger partial charge in [-0.3, -0.25) is 10.0 Å². The summed E-state index contributed by atoms with van der Waals surface area (Å²) >= 11 is 0. The number of amides is 1. The van der Waals surface area contributed by atoms with E-state index in [4.69, 9.17) is 14.7 Å². The fourth-order valence-electron chi connectivity index (χ4n) is 2.46. The lowest BCUT2D eigenvalue weighted by atomic mass is 9.94. The summed E-state index contributed by atoms with van der Waals surface area (Å²) in [4.78, 5) is 11.7. The van der Waals surface area contributed by atoms with E-state index < -0.39 is 5.91 Å². The van der Waals surface area contributed by atoms with Gasteiger partial charge in [0, 0.05) is 6.08 Å². The molecule has 0 aliphatic carbocycles. The number of ether oxygens (including phenoxy) is 2. The van der Waals surface area contributed by atoms with Gasteiger partial charge in [0.25, 0.3) is 5.91 Å². The van der Waals surface area contributed by atoms with E-state index in [1.807, 2.05) is 50.2 Å². The van der Waals surface area contributed by atoms with Crippen molar-refractivity contribution in [3.63, 3.8) is 0 Å². The number of hydrogen-bond donors (Lipinski definition) is 2. The summed E-state index contributed by atoms with van der Waals surface area (Å²) in [7, 11) is 3.21. The third-order valence-electron chi connectivity index (χ3n) is 3.94. The minimum atomic E-state index is -0.599. The van der Waals surface area contributed by atoms with Crippen LogP contribution in [0, 0.1) is 13.8 Å². The van der Waals surface area contributed by atoms with Crippen LogP contribution in [0.15, 0.2) is 42.5 Å². The summed E-state index contributed by atoms with van der Waals surface area (Å²) in [6.45, 7) is 3.97. The molecular formula is C19H21NO4. The van der Waals surface area contributed by atoms with Gasteiger partial charge in [-0.25, -0.2) is 5.48 Å². The van der Waals surface area contributed by atoms with Crippen LogP contribution in [0.3, 0.4) is 0 Å². The molecule has 0 aromatic heterocycles. The smallest absolute Gasteiger partial charge is 0.267 e. The van der Waals surface area contributed by atoms with Gasteiger partial charge in [0.15, 0.2) is 0 Å². The first-order chi connectivity index (χ1) is 11.5. The molecule has 2 aromatic carbocycles. The number of rotatable bonds is 5. The molecule has 1 amide bonds. The van der Waals surface area contributed by atoms with E-state index in [0.717, 1.165) is 33.8 Å². The van der Waals surface area contributed by atoms with Gasteiger partial charge >= 0.3 is 0 Å². The van der Waals surface area contributed by atoms with Crippen molar-refractivity contribution in [3.8, 4) is 11.5 Å². The summed E-state index contributed by atoms with van der Waals surface area (Å²) in [5.74, 6) is 0.870. The molecule has 126 valence electrons. The van der Waals surface area contributed by atoms with Crippen molar-refractivity contribution in [2.75, 3.05) is 14.2 Å². The van der Waals surface area contributed by atoms with Crippen molar-refractivity contribution >= 4 is 11.5 Å². The highest BCUT2D eigenvalue weighted by molar-refractivity contribution is 5.98. The highest BCUT2D eigenvalue weighted by Crippen LogP contribution is 2.31. The Labute approximate surface area is 141 Å². The van der Waals surface area contributed by atoms with Crippen molar-refractivity contribution in [3.05, 3.63) is 64.7 Å². The first kappa shape index (κ1) is 17.6. The van der Waals surface area contributed by atoms with E-state index in [9.17, 15) is 4.79 Å². The van der Waals surface area contributed by atoms with E-state index in [1.165, 1.54) is 6.08 Å². The molecule has 2 N–H and O–H groups in total. The number of carbonyl (C=O) groups is 1. The van der Waals surface area contributed by atoms with Crippen LogP contribution in [0.1, 0.15) is 22.3 Å². The second kappa shape index (κ2) is 7.66. The van der Waals surface area contributed by atoms with Crippen LogP contribution in [0.4, 0.5) is 0 Å². The fourth-order valence-corrected chi connectivity index (χ4v) is 2.46. The van der Waals surface area contributed by atoms with Crippen molar-refractivity contribution in [2.45, 2.75) is 13.8 Å². The van der Waals surface area contributed by atoms with Crippen LogP contribution in [0.25, 0.3) is 5.57 Å². The zero-order valence-electron chi connectivity index (χ0n) is 14.2. The van der Waals surface area contributed by atoms with Crippen molar-refractivity contribution < 1.29 is 19.5 Å². The molecule has 0 saturated carbocycles. The Bertz CT molecular complexity index is 764. The molecule has 0 atom stereocenters. The molecule has 0 fully saturated rings. The molecule has 0 saturated heterocycles. The summed E-state index contributed by atoms with van der Waals surface area (Å²) < 4.78 is 10.6. The monoisotopic (exact) mass is 327 g/mol. The van der Waals surface area contributed by atoms with Gasteiger partial charge in [-0.1, -0.05) is 18.2 Å². The predicted octanol–water partition coefficient (Wildman–Crippen LogP) is 3.26. The first-order valence-corrected chi connectivity index (χ1v) is 7.46. The average Bonchev–Trinajstić information content (AvgIpc) is 2.61. The summed E-state index contributed by atoms with van der Waals surface area (Å²) in [5.41, 5.74) is 6.05. The van der Waals surface area contributed by atoms with E-state index in [1.54, 1.807) is 19.7 Å². The minimum absolute atomic E-state index is 0.599. The van der Waals surface area contributed by atoms with Gasteiger partial charge < -0.3 is 9.47 Å². The van der Waals surface area contributed by atoms with Gasteiger partial charge in [-0.15, -0.1) is 0 Å². The van der Waals surface area contributed by atoms with Gasteiger partial charge in [0.05, 0.1) is 14.2 Å². The molecule has 0 aliphatic rings. The van der Waals surface area contributed by atoms with Crippen LogP contribution >= 0.6 is 0 Å². The van der Waals surface area contributed by atoms with Crippen molar-refractivity contribution in [1.29, 1.82) is 0 Å². The van der Waals surface area contributed by atoms with Crippen LogP contribution < -0.4 is 15.0 Å². The predicted molar refractivity (Wildman–Crippen MR) is 92.5 cm³/mol. The summed E-state index contributed by atoms with van der Waals surface area (Å²) in [5, 5.41) is 8.87. The lowest BCUT2D eigenvalue weighted by Crippen LogP contribution is -2.16. The Balaban J connectivity index is 2.60. The number of nitrogens with one attached hydrogen (secondary N) is 1.